The van der Waals surface area contributed by atoms with Crippen molar-refractivity contribution >= 4 is 5.78 Å². The van der Waals surface area contributed by atoms with Gasteiger partial charge in [0, 0.05) is 30.5 Å². The number of nitrogens with zero attached hydrogens (tertiary/aromatic N) is 1. The van der Waals surface area contributed by atoms with Gasteiger partial charge in [0.05, 0.1) is 0 Å². The zero-order valence-corrected chi connectivity index (χ0v) is 14.5. The molecule has 2 aromatic rings. The van der Waals surface area contributed by atoms with Crippen molar-refractivity contribution in [1.29, 1.82) is 0 Å². The van der Waals surface area contributed by atoms with Gasteiger partial charge in [-0.25, -0.2) is 4.57 Å². The van der Waals surface area contributed by atoms with Crippen molar-refractivity contribution in [2.75, 3.05) is 0 Å². The van der Waals surface area contributed by atoms with E-state index in [1.54, 1.807) is 0 Å². The monoisotopic (exact) mass is 347 g/mol. The molecule has 3 heteroatoms. The molecule has 2 rings (SSSR count). The van der Waals surface area contributed by atoms with Crippen LogP contribution in [0.5, 0.6) is 0 Å². The topological polar surface area (TPSA) is 20.9 Å². The summed E-state index contributed by atoms with van der Waals surface area (Å²) in [5, 5.41) is 0. The Labute approximate surface area is 137 Å². The highest BCUT2D eigenvalue weighted by molar-refractivity contribution is 5.98. The maximum absolute atomic E-state index is 12.4. The fourth-order valence-corrected chi connectivity index (χ4v) is 2.75. The van der Waals surface area contributed by atoms with Crippen LogP contribution in [0.3, 0.4) is 0 Å². The Morgan fingerprint density at radius 3 is 2.14 bits per heavy atom. The Morgan fingerprint density at radius 1 is 1.00 bits per heavy atom. The molecular weight excluding hydrogens is 326 g/mol. The molecule has 0 radical (unpaired) electrons. The molecule has 0 saturated carbocycles. The van der Waals surface area contributed by atoms with E-state index < -0.39 is 0 Å². The first-order chi connectivity index (χ1) is 9.58. The zero-order chi connectivity index (χ0) is 14.5. The van der Waals surface area contributed by atoms with Crippen LogP contribution in [0.1, 0.15) is 39.9 Å². The van der Waals surface area contributed by atoms with Crippen molar-refractivity contribution in [2.24, 2.45) is 0 Å². The number of halogens is 1. The van der Waals surface area contributed by atoms with Crippen LogP contribution in [-0.4, -0.2) is 5.78 Å². The van der Waals surface area contributed by atoms with Gasteiger partial charge < -0.3 is 17.0 Å². The number of aromatic nitrogens is 1. The molecule has 0 saturated heterocycles. The van der Waals surface area contributed by atoms with Gasteiger partial charge in [0.2, 0.25) is 0 Å². The average Bonchev–Trinajstić information content (AvgIpc) is 2.38. The lowest BCUT2D eigenvalue weighted by atomic mass is 9.94. The highest BCUT2D eigenvalue weighted by Gasteiger charge is 2.13. The molecule has 21 heavy (non-hydrogen) atoms. The van der Waals surface area contributed by atoms with Crippen LogP contribution in [0, 0.1) is 20.8 Å². The van der Waals surface area contributed by atoms with Crippen LogP contribution in [0.25, 0.3) is 0 Å². The van der Waals surface area contributed by atoms with Gasteiger partial charge in [0.25, 0.3) is 0 Å². The summed E-state index contributed by atoms with van der Waals surface area (Å²) in [5.41, 5.74) is 4.32. The van der Waals surface area contributed by atoms with E-state index in [0.29, 0.717) is 6.42 Å². The molecule has 0 unspecified atom stereocenters. The second kappa shape index (κ2) is 8.08. The Bertz CT molecular complexity index is 585. The molecule has 0 N–H and O–H groups in total. The number of benzene rings is 1. The fraction of sp³-hybridized carbons (Fsp3) is 0.333. The largest absolute Gasteiger partial charge is 1.00 e. The Hall–Kier alpha value is -1.48. The summed E-state index contributed by atoms with van der Waals surface area (Å²) in [6.07, 6.45) is 5.55. The summed E-state index contributed by atoms with van der Waals surface area (Å²) < 4.78 is 2.11. The predicted octanol–water partition coefficient (Wildman–Crippen LogP) is 0.566. The van der Waals surface area contributed by atoms with Gasteiger partial charge in [-0.15, -0.1) is 0 Å². The predicted molar refractivity (Wildman–Crippen MR) is 80.9 cm³/mol. The Kier molecular flexibility index (Phi) is 6.76. The summed E-state index contributed by atoms with van der Waals surface area (Å²) in [4.78, 5) is 12.4. The van der Waals surface area contributed by atoms with Crippen molar-refractivity contribution < 1.29 is 26.3 Å². The van der Waals surface area contributed by atoms with Gasteiger partial charge in [-0.3, -0.25) is 4.79 Å². The maximum Gasteiger partial charge on any atom is 0.168 e. The van der Waals surface area contributed by atoms with Gasteiger partial charge in [-0.1, -0.05) is 23.8 Å². The van der Waals surface area contributed by atoms with E-state index in [-0.39, 0.29) is 22.8 Å². The van der Waals surface area contributed by atoms with E-state index in [1.807, 2.05) is 44.4 Å². The molecule has 1 aromatic heterocycles. The van der Waals surface area contributed by atoms with E-state index in [9.17, 15) is 4.79 Å². The van der Waals surface area contributed by atoms with Crippen LogP contribution in [0.15, 0.2) is 42.7 Å². The quantitative estimate of drug-likeness (QED) is 0.572. The third-order valence-electron chi connectivity index (χ3n) is 3.55. The normalized spacial score (nSPS) is 10.0. The zero-order valence-electron chi connectivity index (χ0n) is 12.9. The molecule has 0 bridgehead atoms. The highest BCUT2D eigenvalue weighted by atomic mass is 79.9. The smallest absolute Gasteiger partial charge is 0.168 e. The van der Waals surface area contributed by atoms with E-state index >= 15 is 0 Å². The van der Waals surface area contributed by atoms with E-state index in [0.717, 1.165) is 29.7 Å². The molecule has 0 aliphatic heterocycles. The minimum atomic E-state index is 0. The maximum atomic E-state index is 12.4. The minimum absolute atomic E-state index is 0. The van der Waals surface area contributed by atoms with Crippen molar-refractivity contribution in [2.45, 2.75) is 40.2 Å². The Balaban J connectivity index is 0.00000220. The molecule has 0 aliphatic carbocycles. The molecule has 0 fully saturated rings. The van der Waals surface area contributed by atoms with E-state index in [2.05, 4.69) is 23.6 Å². The molecule has 112 valence electrons. The number of hydrogen-bond acceptors (Lipinski definition) is 1. The second-order valence-corrected chi connectivity index (χ2v) is 5.41. The number of ketones is 1. The third kappa shape index (κ3) is 4.78. The first kappa shape index (κ1) is 17.6. The van der Waals surface area contributed by atoms with Gasteiger partial charge in [0.1, 0.15) is 6.54 Å². The fourth-order valence-electron chi connectivity index (χ4n) is 2.75. The van der Waals surface area contributed by atoms with E-state index in [4.69, 9.17) is 0 Å². The molecule has 0 amide bonds. The Morgan fingerprint density at radius 2 is 1.57 bits per heavy atom. The molecule has 0 spiro atoms. The number of hydrogen-bond donors (Lipinski definition) is 0. The summed E-state index contributed by atoms with van der Waals surface area (Å²) >= 11 is 0. The van der Waals surface area contributed by atoms with Crippen molar-refractivity contribution in [3.8, 4) is 0 Å². The molecule has 1 heterocycles. The van der Waals surface area contributed by atoms with Crippen molar-refractivity contribution in [1.82, 2.24) is 0 Å². The number of carbonyl (C=O) groups excluding carboxylic acids is 1. The first-order valence-electron chi connectivity index (χ1n) is 7.13. The number of aryl methyl sites for hydroxylation is 4. The minimum Gasteiger partial charge on any atom is -1.00 e. The number of Topliss-reactive ketones (excluding diaryl/α,β-unsaturated/α-hetero) is 1. The first-order valence-corrected chi connectivity index (χ1v) is 7.13. The van der Waals surface area contributed by atoms with Crippen molar-refractivity contribution in [3.05, 3.63) is 65.0 Å². The van der Waals surface area contributed by atoms with Gasteiger partial charge in [-0.2, -0.15) is 0 Å². The van der Waals surface area contributed by atoms with Gasteiger partial charge in [0.15, 0.2) is 18.2 Å². The summed E-state index contributed by atoms with van der Waals surface area (Å²) in [7, 11) is 0. The average molecular weight is 348 g/mol. The summed E-state index contributed by atoms with van der Waals surface area (Å²) in [6, 6.07) is 10.2. The highest BCUT2D eigenvalue weighted by Crippen LogP contribution is 2.18. The second-order valence-electron chi connectivity index (χ2n) is 5.41. The third-order valence-corrected chi connectivity index (χ3v) is 3.55. The molecular formula is C18H22BrNO. The summed E-state index contributed by atoms with van der Waals surface area (Å²) in [6.45, 7) is 7.01. The molecule has 0 aliphatic rings. The number of carbonyl (C=O) groups is 1. The van der Waals surface area contributed by atoms with Gasteiger partial charge in [-0.05, 0) is 31.9 Å². The van der Waals surface area contributed by atoms with Crippen molar-refractivity contribution in [3.63, 3.8) is 0 Å². The number of rotatable bonds is 5. The lowest BCUT2D eigenvalue weighted by molar-refractivity contribution is -0.697. The lowest BCUT2D eigenvalue weighted by Crippen LogP contribution is -3.00. The lowest BCUT2D eigenvalue weighted by Gasteiger charge is -2.09. The van der Waals surface area contributed by atoms with Gasteiger partial charge >= 0.3 is 0 Å². The van der Waals surface area contributed by atoms with Crippen LogP contribution in [0.2, 0.25) is 0 Å². The standard InChI is InChI=1S/C18H22NO.BrH/c1-14-12-15(2)18(16(3)13-14)17(20)8-7-11-19-9-5-4-6-10-19;/h4-6,9-10,12-13H,7-8,11H2,1-3H3;1H/q+1;/p-1. The molecule has 1 aromatic carbocycles. The SMILES string of the molecule is Cc1cc(C)c(C(=O)CCC[n+]2ccccc2)c(C)c1.[Br-]. The molecule has 0 atom stereocenters. The van der Waals surface area contributed by atoms with Crippen LogP contribution < -0.4 is 21.5 Å². The number of pyridine rings is 1. The summed E-state index contributed by atoms with van der Waals surface area (Å²) in [5.74, 6) is 0.261. The van der Waals surface area contributed by atoms with E-state index in [1.165, 1.54) is 5.56 Å². The molecule has 2 nitrogen and oxygen atoms in total. The van der Waals surface area contributed by atoms with Crippen LogP contribution in [-0.2, 0) is 6.54 Å². The van der Waals surface area contributed by atoms with Crippen LogP contribution >= 0.6 is 0 Å². The van der Waals surface area contributed by atoms with Crippen LogP contribution in [0.4, 0.5) is 0 Å².